The summed E-state index contributed by atoms with van der Waals surface area (Å²) in [4.78, 5) is 11.8. The number of ether oxygens (including phenoxy) is 1. The van der Waals surface area contributed by atoms with Gasteiger partial charge in [0.2, 0.25) is 0 Å². The van der Waals surface area contributed by atoms with Crippen molar-refractivity contribution in [2.24, 2.45) is 28.6 Å². The Kier molecular flexibility index (Phi) is 2.66. The van der Waals surface area contributed by atoms with E-state index >= 15 is 0 Å². The monoisotopic (exact) mass is 274 g/mol. The summed E-state index contributed by atoms with van der Waals surface area (Å²) in [6, 6.07) is 0. The van der Waals surface area contributed by atoms with Crippen LogP contribution in [0, 0.1) is 28.6 Å². The third-order valence-corrected chi connectivity index (χ3v) is 7.27. The highest BCUT2D eigenvalue weighted by Gasteiger charge is 2.64. The zero-order chi connectivity index (χ0) is 14.0. The van der Waals surface area contributed by atoms with Crippen molar-refractivity contribution >= 4 is 5.97 Å². The molecule has 0 radical (unpaired) electrons. The summed E-state index contributed by atoms with van der Waals surface area (Å²) in [6.45, 7) is 4.07. The van der Waals surface area contributed by atoms with Crippen LogP contribution in [0.1, 0.15) is 57.8 Å². The van der Waals surface area contributed by atoms with E-state index in [1.165, 1.54) is 58.5 Å². The van der Waals surface area contributed by atoms with E-state index < -0.39 is 0 Å². The molecule has 3 atom stereocenters. The molecule has 4 aliphatic carbocycles. The molecule has 110 valence electrons. The van der Waals surface area contributed by atoms with Crippen LogP contribution < -0.4 is 0 Å². The molecule has 0 aromatic heterocycles. The van der Waals surface area contributed by atoms with Gasteiger partial charge in [-0.05, 0) is 86.4 Å². The van der Waals surface area contributed by atoms with Crippen LogP contribution in [0.15, 0.2) is 12.2 Å². The second-order valence-corrected chi connectivity index (χ2v) is 7.96. The predicted octanol–water partition coefficient (Wildman–Crippen LogP) is 4.10. The van der Waals surface area contributed by atoms with Crippen molar-refractivity contribution in [2.45, 2.75) is 57.8 Å². The lowest BCUT2D eigenvalue weighted by Crippen LogP contribution is -2.24. The average molecular weight is 274 g/mol. The molecule has 0 saturated heterocycles. The molecule has 2 heteroatoms. The van der Waals surface area contributed by atoms with E-state index in [2.05, 4.69) is 6.58 Å². The van der Waals surface area contributed by atoms with Gasteiger partial charge in [0.05, 0.1) is 7.11 Å². The Labute approximate surface area is 122 Å². The molecule has 4 saturated carbocycles. The molecule has 2 nitrogen and oxygen atoms in total. The van der Waals surface area contributed by atoms with Gasteiger partial charge in [-0.25, -0.2) is 4.79 Å². The summed E-state index contributed by atoms with van der Waals surface area (Å²) in [6.07, 6.45) is 12.4. The van der Waals surface area contributed by atoms with Gasteiger partial charge in [0, 0.05) is 5.57 Å². The van der Waals surface area contributed by atoms with Gasteiger partial charge in [0.15, 0.2) is 0 Å². The number of fused-ring (bicyclic) bond motifs is 3. The van der Waals surface area contributed by atoms with Crippen LogP contribution in [0.4, 0.5) is 0 Å². The van der Waals surface area contributed by atoms with E-state index in [0.29, 0.717) is 16.7 Å². The zero-order valence-electron chi connectivity index (χ0n) is 12.6. The minimum absolute atomic E-state index is 0.179. The quantitative estimate of drug-likeness (QED) is 0.559. The van der Waals surface area contributed by atoms with E-state index in [-0.39, 0.29) is 5.97 Å². The minimum Gasteiger partial charge on any atom is -0.466 e. The van der Waals surface area contributed by atoms with Crippen molar-refractivity contribution in [1.29, 1.82) is 0 Å². The molecule has 0 heterocycles. The first-order valence-corrected chi connectivity index (χ1v) is 8.37. The molecule has 4 rings (SSSR count). The molecule has 2 spiro atoms. The van der Waals surface area contributed by atoms with Crippen LogP contribution in [-0.4, -0.2) is 13.1 Å². The number of carbonyl (C=O) groups excluding carboxylic acids is 1. The highest BCUT2D eigenvalue weighted by Crippen LogP contribution is 2.74. The number of rotatable bonds is 2. The fraction of sp³-hybridized carbons (Fsp3) is 0.833. The SMILES string of the molecule is C=C(C(=O)OC)[C@@H]1CCC2(CC2)[C@@H]2CCC3(CC3)[C@@H]2C1. The Morgan fingerprint density at radius 1 is 1.00 bits per heavy atom. The van der Waals surface area contributed by atoms with E-state index in [1.54, 1.807) is 0 Å². The fourth-order valence-corrected chi connectivity index (χ4v) is 5.65. The van der Waals surface area contributed by atoms with Crippen LogP contribution in [0.25, 0.3) is 0 Å². The molecular weight excluding hydrogens is 248 g/mol. The van der Waals surface area contributed by atoms with E-state index in [0.717, 1.165) is 23.8 Å². The molecule has 4 aliphatic rings. The van der Waals surface area contributed by atoms with Gasteiger partial charge in [0.1, 0.15) is 0 Å². The van der Waals surface area contributed by atoms with Crippen molar-refractivity contribution in [1.82, 2.24) is 0 Å². The zero-order valence-corrected chi connectivity index (χ0v) is 12.6. The third kappa shape index (κ3) is 1.72. The van der Waals surface area contributed by atoms with Gasteiger partial charge in [-0.2, -0.15) is 0 Å². The molecule has 0 aromatic rings. The highest BCUT2D eigenvalue weighted by molar-refractivity contribution is 5.88. The van der Waals surface area contributed by atoms with Gasteiger partial charge in [-0.15, -0.1) is 0 Å². The van der Waals surface area contributed by atoms with Crippen molar-refractivity contribution < 1.29 is 9.53 Å². The second kappa shape index (κ2) is 4.11. The van der Waals surface area contributed by atoms with E-state index in [1.807, 2.05) is 0 Å². The Morgan fingerprint density at radius 3 is 2.20 bits per heavy atom. The van der Waals surface area contributed by atoms with E-state index in [9.17, 15) is 4.79 Å². The smallest absolute Gasteiger partial charge is 0.333 e. The second-order valence-electron chi connectivity index (χ2n) is 7.96. The number of esters is 1. The Hall–Kier alpha value is -0.790. The van der Waals surface area contributed by atoms with Crippen LogP contribution in [0.3, 0.4) is 0 Å². The molecule has 0 aliphatic heterocycles. The summed E-state index contributed by atoms with van der Waals surface area (Å²) >= 11 is 0. The molecule has 0 amide bonds. The number of carbonyl (C=O) groups is 1. The Bertz CT molecular complexity index is 456. The molecule has 4 fully saturated rings. The minimum atomic E-state index is -0.179. The Morgan fingerprint density at radius 2 is 1.60 bits per heavy atom. The largest absolute Gasteiger partial charge is 0.466 e. The van der Waals surface area contributed by atoms with Crippen molar-refractivity contribution in [3.05, 3.63) is 12.2 Å². The van der Waals surface area contributed by atoms with Gasteiger partial charge in [-0.3, -0.25) is 0 Å². The third-order valence-electron chi connectivity index (χ3n) is 7.27. The molecule has 20 heavy (non-hydrogen) atoms. The number of methoxy groups -OCH3 is 1. The van der Waals surface area contributed by atoms with Crippen molar-refractivity contribution in [2.75, 3.05) is 7.11 Å². The van der Waals surface area contributed by atoms with Gasteiger partial charge in [-0.1, -0.05) is 6.58 Å². The normalized spacial score (nSPS) is 39.1. The molecule has 0 aromatic carbocycles. The summed E-state index contributed by atoms with van der Waals surface area (Å²) in [7, 11) is 1.48. The summed E-state index contributed by atoms with van der Waals surface area (Å²) in [5, 5.41) is 0. The van der Waals surface area contributed by atoms with Gasteiger partial charge >= 0.3 is 5.97 Å². The lowest BCUT2D eigenvalue weighted by Gasteiger charge is -2.29. The first kappa shape index (κ1) is 12.9. The predicted molar refractivity (Wildman–Crippen MR) is 78.0 cm³/mol. The van der Waals surface area contributed by atoms with Crippen molar-refractivity contribution in [3.8, 4) is 0 Å². The van der Waals surface area contributed by atoms with Crippen LogP contribution in [0.5, 0.6) is 0 Å². The topological polar surface area (TPSA) is 26.3 Å². The average Bonchev–Trinajstić information content (AvgIpc) is 3.34. The van der Waals surface area contributed by atoms with Gasteiger partial charge < -0.3 is 4.74 Å². The highest BCUT2D eigenvalue weighted by atomic mass is 16.5. The van der Waals surface area contributed by atoms with Crippen LogP contribution in [-0.2, 0) is 9.53 Å². The maximum Gasteiger partial charge on any atom is 0.333 e. The van der Waals surface area contributed by atoms with Crippen LogP contribution in [0.2, 0.25) is 0 Å². The summed E-state index contributed by atoms with van der Waals surface area (Å²) in [5.41, 5.74) is 2.09. The number of hydrogen-bond donors (Lipinski definition) is 0. The molecule has 0 N–H and O–H groups in total. The lowest BCUT2D eigenvalue weighted by molar-refractivity contribution is -0.136. The maximum atomic E-state index is 11.8. The molecular formula is C18H26O2. The maximum absolute atomic E-state index is 11.8. The summed E-state index contributed by atoms with van der Waals surface area (Å²) in [5.74, 6) is 2.03. The van der Waals surface area contributed by atoms with Gasteiger partial charge in [0.25, 0.3) is 0 Å². The Balaban J connectivity index is 1.60. The van der Waals surface area contributed by atoms with Crippen molar-refractivity contribution in [3.63, 3.8) is 0 Å². The first-order valence-electron chi connectivity index (χ1n) is 8.37. The lowest BCUT2D eigenvalue weighted by atomic mass is 9.75. The van der Waals surface area contributed by atoms with E-state index in [4.69, 9.17) is 4.74 Å². The number of hydrogen-bond acceptors (Lipinski definition) is 2. The summed E-state index contributed by atoms with van der Waals surface area (Å²) < 4.78 is 4.91. The fourth-order valence-electron chi connectivity index (χ4n) is 5.65. The molecule has 0 unspecified atom stereocenters. The van der Waals surface area contributed by atoms with Crippen LogP contribution >= 0.6 is 0 Å². The molecule has 0 bridgehead atoms. The standard InChI is InChI=1S/C18H26O2/c1-12(16(19)20-2)13-3-5-17(7-8-17)14-4-6-18(9-10-18)15(14)11-13/h13-15H,1,3-11H2,2H3/t13-,14-,15-/m1/s1. The first-order chi connectivity index (χ1) is 9.60.